The van der Waals surface area contributed by atoms with E-state index in [0.717, 1.165) is 5.56 Å². The van der Waals surface area contributed by atoms with Gasteiger partial charge in [0.25, 0.3) is 0 Å². The van der Waals surface area contributed by atoms with Crippen molar-refractivity contribution in [2.45, 2.75) is 6.92 Å². The summed E-state index contributed by atoms with van der Waals surface area (Å²) in [7, 11) is 0. The Morgan fingerprint density at radius 3 is 2.31 bits per heavy atom. The molecule has 0 unspecified atom stereocenters. The number of esters is 1. The van der Waals surface area contributed by atoms with Gasteiger partial charge in [0, 0.05) is 23.0 Å². The van der Waals surface area contributed by atoms with Gasteiger partial charge in [-0.1, -0.05) is 35.5 Å². The molecule has 0 aliphatic rings. The number of benzene rings is 2. The number of hydrogen-bond donors (Lipinski definition) is 2. The number of rotatable bonds is 5. The molecular weight excluding hydrogens is 334 g/mol. The molecular formula is C19H17N3O4. The van der Waals surface area contributed by atoms with Crippen LogP contribution < -0.4 is 10.6 Å². The number of para-hydroxylation sites is 1. The van der Waals surface area contributed by atoms with Crippen molar-refractivity contribution < 1.29 is 18.8 Å². The Kier molecular flexibility index (Phi) is 5.28. The molecule has 1 heterocycles. The van der Waals surface area contributed by atoms with Crippen molar-refractivity contribution in [1.29, 1.82) is 0 Å². The van der Waals surface area contributed by atoms with E-state index >= 15 is 0 Å². The molecule has 0 saturated carbocycles. The lowest BCUT2D eigenvalue weighted by Gasteiger charge is -2.07. The molecule has 2 N–H and O–H groups in total. The third kappa shape index (κ3) is 4.27. The van der Waals surface area contributed by atoms with Gasteiger partial charge in [0.05, 0.1) is 6.61 Å². The molecule has 0 fully saturated rings. The van der Waals surface area contributed by atoms with E-state index in [1.807, 2.05) is 18.2 Å². The molecule has 0 spiro atoms. The summed E-state index contributed by atoms with van der Waals surface area (Å²) < 4.78 is 9.85. The molecule has 7 heteroatoms. The lowest BCUT2D eigenvalue weighted by molar-refractivity contribution is 0.0479. The fourth-order valence-electron chi connectivity index (χ4n) is 2.25. The van der Waals surface area contributed by atoms with Crippen LogP contribution in [-0.2, 0) is 4.74 Å². The monoisotopic (exact) mass is 351 g/mol. The molecule has 3 aromatic rings. The minimum absolute atomic E-state index is 0.0475. The van der Waals surface area contributed by atoms with E-state index in [-0.39, 0.29) is 18.4 Å². The average molecular weight is 351 g/mol. The second kappa shape index (κ2) is 7.98. The second-order valence-electron chi connectivity index (χ2n) is 5.32. The van der Waals surface area contributed by atoms with E-state index in [4.69, 9.17) is 9.26 Å². The Morgan fingerprint density at radius 2 is 1.65 bits per heavy atom. The summed E-state index contributed by atoms with van der Waals surface area (Å²) in [6.07, 6.45) is 0. The molecule has 0 radical (unpaired) electrons. The summed E-state index contributed by atoms with van der Waals surface area (Å²) in [5, 5.41) is 9.34. The van der Waals surface area contributed by atoms with Gasteiger partial charge >= 0.3 is 12.0 Å². The summed E-state index contributed by atoms with van der Waals surface area (Å²) >= 11 is 0. The first-order chi connectivity index (χ1) is 12.7. The fraction of sp³-hybridized carbons (Fsp3) is 0.105. The Balaban J connectivity index is 1.63. The number of hydrogen-bond acceptors (Lipinski definition) is 5. The molecule has 2 amide bonds. The number of nitrogens with one attached hydrogen (secondary N) is 2. The van der Waals surface area contributed by atoms with Crippen molar-refractivity contribution in [1.82, 2.24) is 5.16 Å². The average Bonchev–Trinajstić information content (AvgIpc) is 3.13. The maximum absolute atomic E-state index is 12.0. The molecule has 0 saturated heterocycles. The summed E-state index contributed by atoms with van der Waals surface area (Å²) in [5.74, 6) is -0.506. The molecule has 3 rings (SSSR count). The first-order valence-electron chi connectivity index (χ1n) is 8.03. The van der Waals surface area contributed by atoms with Gasteiger partial charge in [0.1, 0.15) is 5.69 Å². The molecule has 2 aromatic carbocycles. The van der Waals surface area contributed by atoms with Gasteiger partial charge in [-0.15, -0.1) is 0 Å². The van der Waals surface area contributed by atoms with Gasteiger partial charge in [0.15, 0.2) is 0 Å². The molecule has 1 aromatic heterocycles. The van der Waals surface area contributed by atoms with Crippen molar-refractivity contribution in [3.8, 4) is 11.3 Å². The maximum Gasteiger partial charge on any atom is 0.377 e. The highest BCUT2D eigenvalue weighted by Crippen LogP contribution is 2.22. The number of carbonyl (C=O) groups excluding carboxylic acids is 2. The zero-order valence-corrected chi connectivity index (χ0v) is 14.1. The molecule has 0 atom stereocenters. The Hall–Kier alpha value is -3.61. The van der Waals surface area contributed by atoms with Crippen molar-refractivity contribution in [3.05, 3.63) is 66.4 Å². The minimum Gasteiger partial charge on any atom is -0.460 e. The van der Waals surface area contributed by atoms with E-state index in [0.29, 0.717) is 17.1 Å². The first kappa shape index (κ1) is 17.2. The largest absolute Gasteiger partial charge is 0.460 e. The van der Waals surface area contributed by atoms with Crippen molar-refractivity contribution in [2.24, 2.45) is 0 Å². The first-order valence-corrected chi connectivity index (χ1v) is 8.03. The van der Waals surface area contributed by atoms with Crippen LogP contribution in [-0.4, -0.2) is 23.8 Å². The highest BCUT2D eigenvalue weighted by molar-refractivity contribution is 5.99. The van der Waals surface area contributed by atoms with Gasteiger partial charge in [-0.2, -0.15) is 0 Å². The highest BCUT2D eigenvalue weighted by Gasteiger charge is 2.15. The van der Waals surface area contributed by atoms with Gasteiger partial charge in [-0.05, 0) is 31.2 Å². The van der Waals surface area contributed by atoms with Crippen LogP contribution in [0.4, 0.5) is 16.2 Å². The van der Waals surface area contributed by atoms with Crippen LogP contribution in [0.5, 0.6) is 0 Å². The third-order valence-corrected chi connectivity index (χ3v) is 3.46. The van der Waals surface area contributed by atoms with Crippen LogP contribution in [0.15, 0.2) is 65.2 Å². The number of anilines is 2. The van der Waals surface area contributed by atoms with E-state index in [9.17, 15) is 9.59 Å². The Morgan fingerprint density at radius 1 is 1.00 bits per heavy atom. The van der Waals surface area contributed by atoms with E-state index in [1.54, 1.807) is 43.3 Å². The molecule has 26 heavy (non-hydrogen) atoms. The van der Waals surface area contributed by atoms with Crippen LogP contribution in [0.2, 0.25) is 0 Å². The quantitative estimate of drug-likeness (QED) is 0.673. The van der Waals surface area contributed by atoms with Crippen LogP contribution in [0.3, 0.4) is 0 Å². The number of nitrogens with zero attached hydrogens (tertiary/aromatic N) is 1. The normalized spacial score (nSPS) is 10.2. The van der Waals surface area contributed by atoms with E-state index < -0.39 is 5.97 Å². The van der Waals surface area contributed by atoms with E-state index in [1.165, 1.54) is 6.07 Å². The highest BCUT2D eigenvalue weighted by atomic mass is 16.6. The van der Waals surface area contributed by atoms with Gasteiger partial charge in [0.2, 0.25) is 5.76 Å². The van der Waals surface area contributed by atoms with Gasteiger partial charge < -0.3 is 19.9 Å². The number of carbonyl (C=O) groups is 2. The smallest absolute Gasteiger partial charge is 0.377 e. The number of urea groups is 1. The third-order valence-electron chi connectivity index (χ3n) is 3.46. The number of amides is 2. The summed E-state index contributed by atoms with van der Waals surface area (Å²) in [4.78, 5) is 23.6. The van der Waals surface area contributed by atoms with Gasteiger partial charge in [-0.3, -0.25) is 0 Å². The predicted molar refractivity (Wildman–Crippen MR) is 97.0 cm³/mol. The molecule has 0 aliphatic carbocycles. The Bertz CT molecular complexity index is 889. The maximum atomic E-state index is 12.0. The van der Waals surface area contributed by atoms with Crippen LogP contribution >= 0.6 is 0 Å². The van der Waals surface area contributed by atoms with Crippen molar-refractivity contribution >= 4 is 23.4 Å². The number of aromatic nitrogens is 1. The molecule has 0 bridgehead atoms. The lowest BCUT2D eigenvalue weighted by atomic mass is 10.1. The summed E-state index contributed by atoms with van der Waals surface area (Å²) in [5.41, 5.74) is 2.58. The van der Waals surface area contributed by atoms with Crippen molar-refractivity contribution in [2.75, 3.05) is 17.2 Å². The van der Waals surface area contributed by atoms with Crippen LogP contribution in [0.1, 0.15) is 17.5 Å². The predicted octanol–water partition coefficient (Wildman–Crippen LogP) is 4.16. The zero-order valence-electron chi connectivity index (χ0n) is 14.1. The SMILES string of the molecule is CCOC(=O)c1cc(-c2ccc(NC(=O)Nc3ccccc3)cc2)no1. The van der Waals surface area contributed by atoms with Crippen LogP contribution in [0, 0.1) is 0 Å². The lowest BCUT2D eigenvalue weighted by Crippen LogP contribution is -2.19. The van der Waals surface area contributed by atoms with Crippen molar-refractivity contribution in [3.63, 3.8) is 0 Å². The summed E-state index contributed by atoms with van der Waals surface area (Å²) in [6.45, 7) is 1.98. The fourth-order valence-corrected chi connectivity index (χ4v) is 2.25. The zero-order chi connectivity index (χ0) is 18.4. The van der Waals surface area contributed by atoms with Gasteiger partial charge in [-0.25, -0.2) is 9.59 Å². The second-order valence-corrected chi connectivity index (χ2v) is 5.32. The minimum atomic E-state index is -0.554. The Labute approximate surface area is 150 Å². The topological polar surface area (TPSA) is 93.5 Å². The standard InChI is InChI=1S/C19H17N3O4/c1-2-25-18(23)17-12-16(22-26-17)13-8-10-15(11-9-13)21-19(24)20-14-6-4-3-5-7-14/h3-12H,2H2,1H3,(H2,20,21,24). The molecule has 132 valence electrons. The number of ether oxygens (including phenoxy) is 1. The van der Waals surface area contributed by atoms with Crippen LogP contribution in [0.25, 0.3) is 11.3 Å². The molecule has 7 nitrogen and oxygen atoms in total. The molecule has 0 aliphatic heterocycles. The van der Waals surface area contributed by atoms with E-state index in [2.05, 4.69) is 15.8 Å². The summed E-state index contributed by atoms with van der Waals surface area (Å²) in [6, 6.07) is 17.3.